The molecule has 0 aromatic heterocycles. The standard InChI is InChI=1S/C16H12BrN3O3.C16H14BrN3O.H2/c1-9-5-13(17)6-10(2)15(9)19-16(21)11-3-4-12(8-18)14(7-11)20(22)23;1-9-5-13(17)6-10(2)15(9)20-16(21)11-3-4-12(8-18)14(19)7-11;/h3-7H,1-2H3,(H,19,21);3-7H,19H2,1-2H3,(H,20,21);1H. The fourth-order valence-electron chi connectivity index (χ4n) is 4.31. The zero-order chi connectivity index (χ0) is 32.7. The third-order valence-corrected chi connectivity index (χ3v) is 7.40. The second kappa shape index (κ2) is 14.4. The van der Waals surface area contributed by atoms with Crippen molar-refractivity contribution in [2.45, 2.75) is 27.7 Å². The zero-order valence-electron chi connectivity index (χ0n) is 24.1. The summed E-state index contributed by atoms with van der Waals surface area (Å²) in [5.41, 5.74) is 11.6. The van der Waals surface area contributed by atoms with E-state index in [-0.39, 0.29) is 24.1 Å². The number of anilines is 3. The van der Waals surface area contributed by atoms with Crippen LogP contribution in [0.2, 0.25) is 0 Å². The Labute approximate surface area is 272 Å². The number of aryl methyl sites for hydroxylation is 4. The molecule has 0 spiro atoms. The molecular formula is C32H28Br2N6O4. The van der Waals surface area contributed by atoms with Gasteiger partial charge in [-0.15, -0.1) is 0 Å². The highest BCUT2D eigenvalue weighted by molar-refractivity contribution is 9.10. The molecule has 0 radical (unpaired) electrons. The Bertz CT molecular complexity index is 1850. The van der Waals surface area contributed by atoms with Crippen molar-refractivity contribution in [1.82, 2.24) is 0 Å². The molecule has 0 aliphatic carbocycles. The van der Waals surface area contributed by atoms with Gasteiger partial charge in [0.25, 0.3) is 17.5 Å². The van der Waals surface area contributed by atoms with Crippen LogP contribution in [0.25, 0.3) is 0 Å². The highest BCUT2D eigenvalue weighted by atomic mass is 79.9. The summed E-state index contributed by atoms with van der Waals surface area (Å²) >= 11 is 6.81. The third kappa shape index (κ3) is 8.07. The minimum Gasteiger partial charge on any atom is -0.398 e. The number of nitriles is 2. The summed E-state index contributed by atoms with van der Waals surface area (Å²) in [4.78, 5) is 34.9. The zero-order valence-corrected chi connectivity index (χ0v) is 27.3. The minimum absolute atomic E-state index is 0. The summed E-state index contributed by atoms with van der Waals surface area (Å²) in [5.74, 6) is -0.717. The molecule has 4 aromatic carbocycles. The van der Waals surface area contributed by atoms with Crippen LogP contribution in [-0.4, -0.2) is 16.7 Å². The van der Waals surface area contributed by atoms with Crippen LogP contribution < -0.4 is 16.4 Å². The third-order valence-electron chi connectivity index (χ3n) is 6.48. The number of rotatable bonds is 5. The van der Waals surface area contributed by atoms with Crippen LogP contribution in [0.5, 0.6) is 0 Å². The lowest BCUT2D eigenvalue weighted by Gasteiger charge is -2.12. The number of nitrogens with one attached hydrogen (secondary N) is 2. The molecule has 0 heterocycles. The number of nitro benzene ring substituents is 1. The number of hydrogen-bond donors (Lipinski definition) is 3. The van der Waals surface area contributed by atoms with Crippen LogP contribution in [0, 0.1) is 60.5 Å². The number of hydrogen-bond acceptors (Lipinski definition) is 7. The molecular weight excluding hydrogens is 692 g/mol. The number of carbonyl (C=O) groups is 2. The van der Waals surface area contributed by atoms with Crippen molar-refractivity contribution in [2.24, 2.45) is 0 Å². The predicted octanol–water partition coefficient (Wildman–Crippen LogP) is 8.12. The maximum Gasteiger partial charge on any atom is 0.287 e. The molecule has 0 aliphatic rings. The second-order valence-corrected chi connectivity index (χ2v) is 11.6. The lowest BCUT2D eigenvalue weighted by Crippen LogP contribution is -2.14. The Balaban J connectivity index is 0.000000308. The average Bonchev–Trinajstić information content (AvgIpc) is 2.96. The number of halogens is 2. The van der Waals surface area contributed by atoms with Gasteiger partial charge in [0.2, 0.25) is 0 Å². The van der Waals surface area contributed by atoms with Crippen LogP contribution in [0.4, 0.5) is 22.7 Å². The molecule has 0 bridgehead atoms. The molecule has 4 aromatic rings. The predicted molar refractivity (Wildman–Crippen MR) is 179 cm³/mol. The van der Waals surface area contributed by atoms with Crippen LogP contribution in [0.1, 0.15) is 55.5 Å². The fraction of sp³-hybridized carbons (Fsp3) is 0.125. The summed E-state index contributed by atoms with van der Waals surface area (Å²) in [5, 5.41) is 34.3. The van der Waals surface area contributed by atoms with Gasteiger partial charge in [-0.05, 0) is 105 Å². The highest BCUT2D eigenvalue weighted by Crippen LogP contribution is 2.28. The van der Waals surface area contributed by atoms with E-state index in [9.17, 15) is 19.7 Å². The van der Waals surface area contributed by atoms with Gasteiger partial charge in [0.1, 0.15) is 17.7 Å². The fourth-order valence-corrected chi connectivity index (χ4v) is 5.68. The van der Waals surface area contributed by atoms with E-state index in [2.05, 4.69) is 42.5 Å². The molecule has 2 amide bonds. The van der Waals surface area contributed by atoms with Gasteiger partial charge >= 0.3 is 0 Å². The van der Waals surface area contributed by atoms with Gasteiger partial charge in [-0.1, -0.05) is 31.9 Å². The first-order chi connectivity index (χ1) is 20.7. The van der Waals surface area contributed by atoms with Gasteiger partial charge in [-0.2, -0.15) is 10.5 Å². The molecule has 10 nitrogen and oxygen atoms in total. The van der Waals surface area contributed by atoms with E-state index >= 15 is 0 Å². The van der Waals surface area contributed by atoms with E-state index in [0.29, 0.717) is 22.5 Å². The minimum atomic E-state index is -0.675. The molecule has 12 heteroatoms. The molecule has 0 saturated heterocycles. The Morgan fingerprint density at radius 1 is 0.750 bits per heavy atom. The summed E-state index contributed by atoms with van der Waals surface area (Å²) < 4.78 is 1.87. The number of nitrogens with zero attached hydrogens (tertiary/aromatic N) is 3. The number of carbonyl (C=O) groups excluding carboxylic acids is 2. The Morgan fingerprint density at radius 2 is 1.14 bits per heavy atom. The molecule has 0 aliphatic heterocycles. The quantitative estimate of drug-likeness (QED) is 0.106. The van der Waals surface area contributed by atoms with Crippen molar-refractivity contribution in [2.75, 3.05) is 16.4 Å². The number of nitro groups is 1. The van der Waals surface area contributed by atoms with Crippen molar-refractivity contribution in [1.29, 1.82) is 10.5 Å². The van der Waals surface area contributed by atoms with Crippen molar-refractivity contribution in [3.63, 3.8) is 0 Å². The van der Waals surface area contributed by atoms with Crippen molar-refractivity contribution < 1.29 is 15.9 Å². The normalized spacial score (nSPS) is 10.0. The summed E-state index contributed by atoms with van der Waals surface area (Å²) in [6, 6.07) is 19.7. The van der Waals surface area contributed by atoms with Crippen LogP contribution in [-0.2, 0) is 0 Å². The Morgan fingerprint density at radius 3 is 1.50 bits per heavy atom. The average molecular weight is 720 g/mol. The van der Waals surface area contributed by atoms with Gasteiger partial charge < -0.3 is 16.4 Å². The second-order valence-electron chi connectivity index (χ2n) is 9.75. The van der Waals surface area contributed by atoms with Crippen LogP contribution >= 0.6 is 31.9 Å². The lowest BCUT2D eigenvalue weighted by atomic mass is 10.1. The van der Waals surface area contributed by atoms with E-state index < -0.39 is 10.8 Å². The smallest absolute Gasteiger partial charge is 0.287 e. The molecule has 4 rings (SSSR count). The molecule has 0 saturated carbocycles. The first kappa shape index (κ1) is 33.5. The first-order valence-corrected chi connectivity index (χ1v) is 14.5. The van der Waals surface area contributed by atoms with Crippen molar-refractivity contribution >= 4 is 66.4 Å². The van der Waals surface area contributed by atoms with Gasteiger partial charge in [0, 0.05) is 38.9 Å². The topological polar surface area (TPSA) is 175 Å². The number of amides is 2. The Kier molecular flexibility index (Phi) is 11.0. The number of nitrogen functional groups attached to an aromatic ring is 1. The summed E-state index contributed by atoms with van der Waals surface area (Å²) in [6.07, 6.45) is 0. The van der Waals surface area contributed by atoms with E-state index in [0.717, 1.165) is 43.0 Å². The number of nitrogens with two attached hydrogens (primary N) is 1. The lowest BCUT2D eigenvalue weighted by molar-refractivity contribution is -0.385. The molecule has 224 valence electrons. The van der Waals surface area contributed by atoms with Gasteiger partial charge in [0.15, 0.2) is 0 Å². The van der Waals surface area contributed by atoms with E-state index in [4.69, 9.17) is 16.3 Å². The molecule has 0 atom stereocenters. The summed E-state index contributed by atoms with van der Waals surface area (Å²) in [7, 11) is 0. The molecule has 44 heavy (non-hydrogen) atoms. The SMILES string of the molecule is Cc1cc(Br)cc(C)c1NC(=O)c1ccc(C#N)c(N)c1.Cc1cc(Br)cc(C)c1NC(=O)c1ccc(C#N)c([N+](=O)[O-])c1.[HH]. The first-order valence-electron chi connectivity index (χ1n) is 12.9. The van der Waals surface area contributed by atoms with Crippen molar-refractivity contribution in [3.05, 3.63) is 124 Å². The number of benzene rings is 4. The van der Waals surface area contributed by atoms with Crippen LogP contribution in [0.15, 0.2) is 69.6 Å². The van der Waals surface area contributed by atoms with Crippen LogP contribution in [0.3, 0.4) is 0 Å². The monoisotopic (exact) mass is 718 g/mol. The molecule has 0 fully saturated rings. The van der Waals surface area contributed by atoms with E-state index in [1.54, 1.807) is 18.2 Å². The largest absolute Gasteiger partial charge is 0.398 e. The van der Waals surface area contributed by atoms with E-state index in [1.807, 2.05) is 58.0 Å². The highest BCUT2D eigenvalue weighted by Gasteiger charge is 2.18. The molecule has 4 N–H and O–H groups in total. The maximum atomic E-state index is 12.3. The maximum absolute atomic E-state index is 12.3. The Hall–Kier alpha value is -5.04. The van der Waals surface area contributed by atoms with Gasteiger partial charge in [-0.25, -0.2) is 0 Å². The van der Waals surface area contributed by atoms with E-state index in [1.165, 1.54) is 18.2 Å². The molecule has 0 unspecified atom stereocenters. The van der Waals surface area contributed by atoms with Gasteiger partial charge in [0.05, 0.1) is 16.2 Å². The van der Waals surface area contributed by atoms with Gasteiger partial charge in [-0.3, -0.25) is 19.7 Å². The van der Waals surface area contributed by atoms with Crippen molar-refractivity contribution in [3.8, 4) is 12.1 Å². The summed E-state index contributed by atoms with van der Waals surface area (Å²) in [6.45, 7) is 7.57.